The van der Waals surface area contributed by atoms with E-state index >= 15 is 0 Å². The molecular weight excluding hydrogens is 481 g/mol. The van der Waals surface area contributed by atoms with Crippen molar-refractivity contribution in [3.05, 3.63) is 35.8 Å². The van der Waals surface area contributed by atoms with Crippen molar-refractivity contribution in [3.8, 4) is 0 Å². The Bertz CT molecular complexity index is 666. The second kappa shape index (κ2) is 13.6. The molecule has 0 bridgehead atoms. The fourth-order valence-corrected chi connectivity index (χ4v) is 3.29. The molecule has 2 heterocycles. The Balaban J connectivity index is 0.00000420. The molecule has 8 heteroatoms. The van der Waals surface area contributed by atoms with Crippen molar-refractivity contribution in [2.24, 2.45) is 4.99 Å². The fourth-order valence-electron chi connectivity index (χ4n) is 3.29. The number of amides is 1. The number of likely N-dealkylation sites (tertiary alicyclic amines) is 1. The molecule has 1 aromatic rings. The van der Waals surface area contributed by atoms with Crippen LogP contribution in [0.25, 0.3) is 0 Å². The lowest BCUT2D eigenvalue weighted by atomic mass is 10.0. The number of aryl methyl sites for hydroxylation is 1. The summed E-state index contributed by atoms with van der Waals surface area (Å²) < 4.78 is 5.20. The van der Waals surface area contributed by atoms with Gasteiger partial charge in [-0.05, 0) is 46.1 Å². The van der Waals surface area contributed by atoms with Crippen LogP contribution in [0, 0.1) is 6.92 Å². The molecule has 164 valence electrons. The first kappa shape index (κ1) is 25.5. The van der Waals surface area contributed by atoms with E-state index in [1.807, 2.05) is 6.92 Å². The van der Waals surface area contributed by atoms with Crippen molar-refractivity contribution in [2.45, 2.75) is 46.1 Å². The summed E-state index contributed by atoms with van der Waals surface area (Å²) in [6.45, 7) is 15.2. The number of aliphatic imine (C=N–C) groups is 1. The predicted molar refractivity (Wildman–Crippen MR) is 129 cm³/mol. The van der Waals surface area contributed by atoms with E-state index in [1.165, 1.54) is 11.8 Å². The molecule has 1 amide bonds. The fraction of sp³-hybridized carbons (Fsp3) is 0.619. The maximum Gasteiger partial charge on any atom is 0.287 e. The van der Waals surface area contributed by atoms with E-state index in [0.717, 1.165) is 57.0 Å². The quantitative estimate of drug-likeness (QED) is 0.154. The number of halogens is 1. The zero-order chi connectivity index (χ0) is 20.4. The summed E-state index contributed by atoms with van der Waals surface area (Å²) in [5, 5.41) is 9.74. The molecule has 0 spiro atoms. The van der Waals surface area contributed by atoms with Gasteiger partial charge in [-0.2, -0.15) is 0 Å². The number of hydrogen-bond acceptors (Lipinski definition) is 4. The molecule has 0 aliphatic carbocycles. The van der Waals surface area contributed by atoms with E-state index in [2.05, 4.69) is 46.3 Å². The minimum Gasteiger partial charge on any atom is -0.459 e. The first-order chi connectivity index (χ1) is 13.5. The van der Waals surface area contributed by atoms with Crippen LogP contribution in [-0.4, -0.2) is 62.1 Å². The number of guanidine groups is 1. The lowest BCUT2D eigenvalue weighted by Crippen LogP contribution is -2.49. The molecule has 1 saturated heterocycles. The van der Waals surface area contributed by atoms with Crippen molar-refractivity contribution < 1.29 is 9.21 Å². The standard InChI is InChI=1S/C21H35N5O2.HI/c1-5-22-21(25-18-7-12-26(13-8-18)15-16(2)3)24-11-6-10-23-20(27)19-17(4)9-14-28-19;/h9,14,18H,2,5-8,10-13,15H2,1,3-4H3,(H,23,27)(H2,22,24,25);1H. The van der Waals surface area contributed by atoms with Crippen molar-refractivity contribution in [1.82, 2.24) is 20.9 Å². The smallest absolute Gasteiger partial charge is 0.287 e. The van der Waals surface area contributed by atoms with E-state index in [1.54, 1.807) is 6.07 Å². The number of furan rings is 1. The van der Waals surface area contributed by atoms with Crippen LogP contribution in [0.1, 0.15) is 49.2 Å². The third-order valence-corrected chi connectivity index (χ3v) is 4.72. The molecule has 0 unspecified atom stereocenters. The maximum atomic E-state index is 12.0. The molecule has 3 N–H and O–H groups in total. The lowest BCUT2D eigenvalue weighted by Gasteiger charge is -2.33. The van der Waals surface area contributed by atoms with Crippen LogP contribution in [-0.2, 0) is 0 Å². The van der Waals surface area contributed by atoms with Crippen LogP contribution < -0.4 is 16.0 Å². The Labute approximate surface area is 191 Å². The number of rotatable bonds is 9. The van der Waals surface area contributed by atoms with E-state index in [9.17, 15) is 4.79 Å². The molecular formula is C21H36IN5O2. The van der Waals surface area contributed by atoms with E-state index in [0.29, 0.717) is 24.9 Å². The summed E-state index contributed by atoms with van der Waals surface area (Å²) in [6, 6.07) is 2.23. The minimum atomic E-state index is -0.168. The van der Waals surface area contributed by atoms with Gasteiger partial charge in [-0.1, -0.05) is 12.2 Å². The van der Waals surface area contributed by atoms with Gasteiger partial charge in [0, 0.05) is 50.9 Å². The van der Waals surface area contributed by atoms with Crippen LogP contribution in [0.3, 0.4) is 0 Å². The average molecular weight is 517 g/mol. The highest BCUT2D eigenvalue weighted by Gasteiger charge is 2.19. The van der Waals surface area contributed by atoms with Crippen molar-refractivity contribution in [2.75, 3.05) is 39.3 Å². The summed E-state index contributed by atoms with van der Waals surface area (Å²) in [7, 11) is 0. The molecule has 7 nitrogen and oxygen atoms in total. The van der Waals surface area contributed by atoms with Gasteiger partial charge in [0.2, 0.25) is 0 Å². The van der Waals surface area contributed by atoms with Crippen LogP contribution in [0.2, 0.25) is 0 Å². The van der Waals surface area contributed by atoms with Crippen molar-refractivity contribution in [3.63, 3.8) is 0 Å². The van der Waals surface area contributed by atoms with Gasteiger partial charge in [0.15, 0.2) is 11.7 Å². The normalized spacial score (nSPS) is 15.5. The first-order valence-electron chi connectivity index (χ1n) is 10.2. The van der Waals surface area contributed by atoms with Gasteiger partial charge in [0.25, 0.3) is 5.91 Å². The molecule has 0 radical (unpaired) electrons. The average Bonchev–Trinajstić information content (AvgIpc) is 3.08. The van der Waals surface area contributed by atoms with E-state index in [4.69, 9.17) is 4.42 Å². The summed E-state index contributed by atoms with van der Waals surface area (Å²) in [5.41, 5.74) is 2.07. The van der Waals surface area contributed by atoms with E-state index < -0.39 is 0 Å². The molecule has 1 aliphatic rings. The molecule has 0 atom stereocenters. The Morgan fingerprint density at radius 1 is 1.34 bits per heavy atom. The minimum absolute atomic E-state index is 0. The molecule has 0 saturated carbocycles. The number of nitrogens with zero attached hydrogens (tertiary/aromatic N) is 2. The largest absolute Gasteiger partial charge is 0.459 e. The Morgan fingerprint density at radius 2 is 2.07 bits per heavy atom. The summed E-state index contributed by atoms with van der Waals surface area (Å²) >= 11 is 0. The molecule has 1 fully saturated rings. The summed E-state index contributed by atoms with van der Waals surface area (Å²) in [4.78, 5) is 19.1. The van der Waals surface area contributed by atoms with E-state index in [-0.39, 0.29) is 29.9 Å². The van der Waals surface area contributed by atoms with Crippen LogP contribution in [0.15, 0.2) is 33.9 Å². The van der Waals surface area contributed by atoms with Crippen LogP contribution in [0.4, 0.5) is 0 Å². The Morgan fingerprint density at radius 3 is 2.66 bits per heavy atom. The molecule has 2 rings (SSSR count). The van der Waals surface area contributed by atoms with Gasteiger partial charge >= 0.3 is 0 Å². The molecule has 1 aromatic heterocycles. The molecule has 1 aliphatic heterocycles. The van der Waals surface area contributed by atoms with Gasteiger partial charge in [-0.15, -0.1) is 24.0 Å². The highest BCUT2D eigenvalue weighted by atomic mass is 127. The third-order valence-electron chi connectivity index (χ3n) is 4.72. The summed E-state index contributed by atoms with van der Waals surface area (Å²) in [5.74, 6) is 1.07. The highest BCUT2D eigenvalue weighted by molar-refractivity contribution is 14.0. The van der Waals surface area contributed by atoms with Gasteiger partial charge in [0.05, 0.1) is 6.26 Å². The SMILES string of the molecule is C=C(C)CN1CCC(NC(=NCCCNC(=O)c2occc2C)NCC)CC1.I. The van der Waals surface area contributed by atoms with Crippen molar-refractivity contribution in [1.29, 1.82) is 0 Å². The summed E-state index contributed by atoms with van der Waals surface area (Å²) in [6.07, 6.45) is 4.53. The maximum absolute atomic E-state index is 12.0. The number of carbonyl (C=O) groups excluding carboxylic acids is 1. The Kier molecular flexibility index (Phi) is 12.0. The van der Waals surface area contributed by atoms with Gasteiger partial charge in [0.1, 0.15) is 0 Å². The third kappa shape index (κ3) is 9.20. The van der Waals surface area contributed by atoms with Gasteiger partial charge < -0.3 is 20.4 Å². The van der Waals surface area contributed by atoms with Crippen molar-refractivity contribution >= 4 is 35.8 Å². The number of carbonyl (C=O) groups is 1. The number of hydrogen-bond donors (Lipinski definition) is 3. The highest BCUT2D eigenvalue weighted by Crippen LogP contribution is 2.11. The second-order valence-electron chi connectivity index (χ2n) is 7.45. The first-order valence-corrected chi connectivity index (χ1v) is 10.2. The second-order valence-corrected chi connectivity index (χ2v) is 7.45. The zero-order valence-corrected chi connectivity index (χ0v) is 20.3. The zero-order valence-electron chi connectivity index (χ0n) is 17.9. The Hall–Kier alpha value is -1.55. The predicted octanol–water partition coefficient (Wildman–Crippen LogP) is 2.92. The monoisotopic (exact) mass is 517 g/mol. The number of nitrogens with one attached hydrogen (secondary N) is 3. The molecule has 29 heavy (non-hydrogen) atoms. The topological polar surface area (TPSA) is 81.9 Å². The van der Waals surface area contributed by atoms with Crippen LogP contribution in [0.5, 0.6) is 0 Å². The van der Waals surface area contributed by atoms with Gasteiger partial charge in [-0.3, -0.25) is 14.7 Å². The van der Waals surface area contributed by atoms with Gasteiger partial charge in [-0.25, -0.2) is 0 Å². The van der Waals surface area contributed by atoms with Crippen LogP contribution >= 0.6 is 24.0 Å². The number of piperidine rings is 1. The lowest BCUT2D eigenvalue weighted by molar-refractivity contribution is 0.0925. The molecule has 0 aromatic carbocycles.